The smallest absolute Gasteiger partial charge is 0.305 e. The molecule has 0 saturated heterocycles. The minimum absolute atomic E-state index is 0.0582. The molecule has 2 N–H and O–H groups in total. The maximum absolute atomic E-state index is 12.5. The second kappa shape index (κ2) is 6.27. The fourth-order valence-corrected chi connectivity index (χ4v) is 3.05. The zero-order valence-corrected chi connectivity index (χ0v) is 11.9. The highest BCUT2D eigenvalue weighted by Crippen LogP contribution is 2.41. The van der Waals surface area contributed by atoms with Crippen LogP contribution >= 0.6 is 11.6 Å². The molecule has 0 spiro atoms. The summed E-state index contributed by atoms with van der Waals surface area (Å²) in [5.74, 6) is -0.993. The number of nitrogens with one attached hydrogen (secondary N) is 1. The number of carbonyl (C=O) groups is 2. The van der Waals surface area contributed by atoms with Crippen LogP contribution in [0.25, 0.3) is 0 Å². The highest BCUT2D eigenvalue weighted by atomic mass is 35.5. The number of rotatable bonds is 5. The van der Waals surface area contributed by atoms with Gasteiger partial charge in [0.15, 0.2) is 0 Å². The lowest BCUT2D eigenvalue weighted by Crippen LogP contribution is -2.43. The average molecular weight is 296 g/mol. The first kappa shape index (κ1) is 14.9. The van der Waals surface area contributed by atoms with Gasteiger partial charge in [0.1, 0.15) is 0 Å². The number of halogens is 1. The number of amides is 1. The van der Waals surface area contributed by atoms with E-state index in [1.165, 1.54) is 0 Å². The van der Waals surface area contributed by atoms with E-state index in [2.05, 4.69) is 5.32 Å². The van der Waals surface area contributed by atoms with Crippen molar-refractivity contribution in [3.8, 4) is 0 Å². The van der Waals surface area contributed by atoms with Crippen LogP contribution < -0.4 is 5.32 Å². The third-order valence-corrected chi connectivity index (χ3v) is 4.13. The Morgan fingerprint density at radius 2 is 2.00 bits per heavy atom. The van der Waals surface area contributed by atoms with Crippen molar-refractivity contribution in [2.75, 3.05) is 6.54 Å². The van der Waals surface area contributed by atoms with Crippen LogP contribution in [0.4, 0.5) is 0 Å². The number of carbonyl (C=O) groups excluding carboxylic acids is 1. The third-order valence-electron chi connectivity index (χ3n) is 3.89. The monoisotopic (exact) mass is 295 g/mol. The fourth-order valence-electron chi connectivity index (χ4n) is 2.86. The molecule has 0 radical (unpaired) electrons. The molecule has 1 saturated carbocycles. The van der Waals surface area contributed by atoms with E-state index in [1.807, 2.05) is 18.2 Å². The Kier molecular flexibility index (Phi) is 4.65. The van der Waals surface area contributed by atoms with Gasteiger partial charge in [-0.05, 0) is 30.5 Å². The van der Waals surface area contributed by atoms with Gasteiger partial charge in [0.2, 0.25) is 5.91 Å². The molecule has 1 aliphatic rings. The molecular formula is C15H18ClNO3. The van der Waals surface area contributed by atoms with E-state index in [9.17, 15) is 9.59 Å². The number of hydrogen-bond acceptors (Lipinski definition) is 2. The zero-order valence-electron chi connectivity index (χ0n) is 11.2. The molecule has 108 valence electrons. The molecule has 4 nitrogen and oxygen atoms in total. The summed E-state index contributed by atoms with van der Waals surface area (Å²) in [6.07, 6.45) is 3.51. The first-order valence-electron chi connectivity index (χ1n) is 6.81. The lowest BCUT2D eigenvalue weighted by Gasteiger charge is -2.28. The summed E-state index contributed by atoms with van der Waals surface area (Å²) >= 11 is 6.03. The highest BCUT2D eigenvalue weighted by molar-refractivity contribution is 6.30. The second-order valence-electron chi connectivity index (χ2n) is 5.20. The van der Waals surface area contributed by atoms with Crippen LogP contribution in [0.15, 0.2) is 24.3 Å². The van der Waals surface area contributed by atoms with E-state index in [-0.39, 0.29) is 18.9 Å². The van der Waals surface area contributed by atoms with Crippen molar-refractivity contribution in [2.45, 2.75) is 37.5 Å². The van der Waals surface area contributed by atoms with Crippen LogP contribution in [-0.2, 0) is 15.0 Å². The van der Waals surface area contributed by atoms with Crippen LogP contribution in [0.5, 0.6) is 0 Å². The first-order chi connectivity index (χ1) is 9.54. The normalized spacial score (nSPS) is 16.9. The minimum atomic E-state index is -0.909. The van der Waals surface area contributed by atoms with E-state index in [0.717, 1.165) is 31.2 Å². The predicted octanol–water partition coefficient (Wildman–Crippen LogP) is 2.74. The van der Waals surface area contributed by atoms with Gasteiger partial charge < -0.3 is 10.4 Å². The van der Waals surface area contributed by atoms with Gasteiger partial charge in [-0.2, -0.15) is 0 Å². The van der Waals surface area contributed by atoms with E-state index in [4.69, 9.17) is 16.7 Å². The van der Waals surface area contributed by atoms with Gasteiger partial charge in [-0.15, -0.1) is 0 Å². The van der Waals surface area contributed by atoms with Crippen LogP contribution in [0.1, 0.15) is 37.7 Å². The number of benzene rings is 1. The largest absolute Gasteiger partial charge is 0.481 e. The molecule has 0 heterocycles. The van der Waals surface area contributed by atoms with Gasteiger partial charge in [-0.25, -0.2) is 0 Å². The fraction of sp³-hybridized carbons (Fsp3) is 0.467. The van der Waals surface area contributed by atoms with Gasteiger partial charge >= 0.3 is 5.97 Å². The van der Waals surface area contributed by atoms with Crippen molar-refractivity contribution in [3.05, 3.63) is 34.9 Å². The van der Waals surface area contributed by atoms with Gasteiger partial charge in [-0.1, -0.05) is 36.6 Å². The average Bonchev–Trinajstić information content (AvgIpc) is 2.88. The van der Waals surface area contributed by atoms with Crippen LogP contribution in [-0.4, -0.2) is 23.5 Å². The Morgan fingerprint density at radius 1 is 1.30 bits per heavy atom. The standard InChI is InChI=1S/C15H18ClNO3/c16-12-5-3-4-11(10-12)15(7-1-2-8-15)14(20)17-9-6-13(18)19/h3-5,10H,1-2,6-9H2,(H,17,20)(H,18,19). The van der Waals surface area contributed by atoms with Crippen molar-refractivity contribution in [3.63, 3.8) is 0 Å². The predicted molar refractivity (Wildman–Crippen MR) is 76.9 cm³/mol. The maximum atomic E-state index is 12.5. The Labute approximate surface area is 123 Å². The molecule has 1 aliphatic carbocycles. The summed E-state index contributed by atoms with van der Waals surface area (Å²) in [6, 6.07) is 7.40. The Bertz CT molecular complexity index is 510. The van der Waals surface area contributed by atoms with Crippen molar-refractivity contribution < 1.29 is 14.7 Å². The molecule has 0 aliphatic heterocycles. The zero-order chi connectivity index (χ0) is 14.6. The first-order valence-corrected chi connectivity index (χ1v) is 7.18. The lowest BCUT2D eigenvalue weighted by molar-refractivity contribution is -0.137. The molecule has 20 heavy (non-hydrogen) atoms. The van der Waals surface area contributed by atoms with Crippen LogP contribution in [0, 0.1) is 0 Å². The van der Waals surface area contributed by atoms with Crippen molar-refractivity contribution in [1.29, 1.82) is 0 Å². The Morgan fingerprint density at radius 3 is 2.60 bits per heavy atom. The van der Waals surface area contributed by atoms with Crippen LogP contribution in [0.3, 0.4) is 0 Å². The molecule has 2 rings (SSSR count). The summed E-state index contributed by atoms with van der Waals surface area (Å²) in [6.45, 7) is 0.163. The van der Waals surface area contributed by atoms with Gasteiger partial charge in [0.25, 0.3) is 0 Å². The molecule has 1 amide bonds. The van der Waals surface area contributed by atoms with Gasteiger partial charge in [-0.3, -0.25) is 9.59 Å². The van der Waals surface area contributed by atoms with E-state index < -0.39 is 11.4 Å². The summed E-state index contributed by atoms with van der Waals surface area (Å²) in [5.41, 5.74) is 0.374. The Hall–Kier alpha value is -1.55. The summed E-state index contributed by atoms with van der Waals surface area (Å²) in [7, 11) is 0. The van der Waals surface area contributed by atoms with E-state index in [0.29, 0.717) is 5.02 Å². The van der Waals surface area contributed by atoms with Crippen molar-refractivity contribution >= 4 is 23.5 Å². The molecule has 0 aromatic heterocycles. The Balaban J connectivity index is 2.17. The van der Waals surface area contributed by atoms with Gasteiger partial charge in [0, 0.05) is 11.6 Å². The second-order valence-corrected chi connectivity index (χ2v) is 5.64. The molecule has 0 atom stereocenters. The highest BCUT2D eigenvalue weighted by Gasteiger charge is 2.42. The number of carboxylic acids is 1. The van der Waals surface area contributed by atoms with Gasteiger partial charge in [0.05, 0.1) is 11.8 Å². The molecule has 0 bridgehead atoms. The third kappa shape index (κ3) is 3.12. The summed E-state index contributed by atoms with van der Waals surface area (Å²) < 4.78 is 0. The molecule has 1 aromatic rings. The summed E-state index contributed by atoms with van der Waals surface area (Å²) in [4.78, 5) is 23.0. The molecular weight excluding hydrogens is 278 g/mol. The minimum Gasteiger partial charge on any atom is -0.481 e. The molecule has 0 unspecified atom stereocenters. The molecule has 1 fully saturated rings. The number of carboxylic acid groups (broad SMARTS) is 1. The number of hydrogen-bond donors (Lipinski definition) is 2. The molecule has 1 aromatic carbocycles. The maximum Gasteiger partial charge on any atom is 0.305 e. The number of aliphatic carboxylic acids is 1. The van der Waals surface area contributed by atoms with Crippen LogP contribution in [0.2, 0.25) is 5.02 Å². The van der Waals surface area contributed by atoms with E-state index >= 15 is 0 Å². The summed E-state index contributed by atoms with van der Waals surface area (Å²) in [5, 5.41) is 12.0. The topological polar surface area (TPSA) is 66.4 Å². The van der Waals surface area contributed by atoms with E-state index in [1.54, 1.807) is 6.07 Å². The van der Waals surface area contributed by atoms with Crippen molar-refractivity contribution in [1.82, 2.24) is 5.32 Å². The lowest BCUT2D eigenvalue weighted by atomic mass is 9.78. The SMILES string of the molecule is O=C(O)CCNC(=O)C1(c2cccc(Cl)c2)CCCC1. The molecule has 5 heteroatoms. The van der Waals surface area contributed by atoms with Crippen molar-refractivity contribution in [2.24, 2.45) is 0 Å². The quantitative estimate of drug-likeness (QED) is 0.878.